The van der Waals surface area contributed by atoms with Crippen molar-refractivity contribution in [2.24, 2.45) is 0 Å². The van der Waals surface area contributed by atoms with Crippen molar-refractivity contribution in [1.29, 1.82) is 0 Å². The van der Waals surface area contributed by atoms with E-state index in [2.05, 4.69) is 0 Å². The quantitative estimate of drug-likeness (QED) is 0.744. The maximum atomic E-state index is 11.6. The molecular formula is C5H8F3NO3S. The summed E-state index contributed by atoms with van der Waals surface area (Å²) in [5.41, 5.74) is -5.36. The molecule has 0 bridgehead atoms. The summed E-state index contributed by atoms with van der Waals surface area (Å²) in [6.45, 7) is 0.600. The standard InChI is InChI=1S/C5H8F3NO3S/c1-2-4(10)3-9-13(11,12)5(6,7)8/h9H,2-3H2,1H3. The van der Waals surface area contributed by atoms with Crippen molar-refractivity contribution >= 4 is 15.8 Å². The lowest BCUT2D eigenvalue weighted by Gasteiger charge is -2.07. The zero-order chi connectivity index (χ0) is 10.7. The lowest BCUT2D eigenvalue weighted by molar-refractivity contribution is -0.117. The zero-order valence-corrected chi connectivity index (χ0v) is 7.50. The Morgan fingerprint density at radius 3 is 2.15 bits per heavy atom. The number of hydrogen-bond donors (Lipinski definition) is 1. The van der Waals surface area contributed by atoms with Crippen molar-refractivity contribution in [3.05, 3.63) is 0 Å². The molecule has 0 heterocycles. The highest BCUT2D eigenvalue weighted by atomic mass is 32.2. The number of rotatable bonds is 4. The number of nitrogens with one attached hydrogen (secondary N) is 1. The predicted molar refractivity (Wildman–Crippen MR) is 38.3 cm³/mol. The largest absolute Gasteiger partial charge is 0.511 e. The Hall–Kier alpha value is -0.630. The van der Waals surface area contributed by atoms with Crippen molar-refractivity contribution in [2.75, 3.05) is 6.54 Å². The summed E-state index contributed by atoms with van der Waals surface area (Å²) in [5, 5.41) is 0. The van der Waals surface area contributed by atoms with E-state index in [0.29, 0.717) is 0 Å². The van der Waals surface area contributed by atoms with Crippen LogP contribution >= 0.6 is 0 Å². The van der Waals surface area contributed by atoms with Gasteiger partial charge in [-0.1, -0.05) is 6.92 Å². The van der Waals surface area contributed by atoms with Crippen LogP contribution in [0.2, 0.25) is 0 Å². The molecule has 8 heteroatoms. The van der Waals surface area contributed by atoms with Gasteiger partial charge in [-0.05, 0) is 0 Å². The molecule has 0 aromatic carbocycles. The van der Waals surface area contributed by atoms with E-state index in [1.54, 1.807) is 0 Å². The van der Waals surface area contributed by atoms with Crippen LogP contribution < -0.4 is 4.72 Å². The molecule has 0 atom stereocenters. The molecular weight excluding hydrogens is 211 g/mol. The van der Waals surface area contributed by atoms with Gasteiger partial charge in [0.15, 0.2) is 0 Å². The molecule has 0 saturated carbocycles. The molecule has 0 aliphatic carbocycles. The van der Waals surface area contributed by atoms with Crippen LogP contribution in [0.5, 0.6) is 0 Å². The maximum absolute atomic E-state index is 11.6. The molecule has 4 nitrogen and oxygen atoms in total. The van der Waals surface area contributed by atoms with Gasteiger partial charge in [0, 0.05) is 6.42 Å². The van der Waals surface area contributed by atoms with Gasteiger partial charge >= 0.3 is 15.5 Å². The Balaban J connectivity index is 4.30. The molecule has 0 aliphatic heterocycles. The monoisotopic (exact) mass is 219 g/mol. The van der Waals surface area contributed by atoms with Crippen LogP contribution in [-0.4, -0.2) is 26.3 Å². The Labute approximate surface area is 73.2 Å². The van der Waals surface area contributed by atoms with E-state index in [9.17, 15) is 26.4 Å². The van der Waals surface area contributed by atoms with Crippen LogP contribution in [0.15, 0.2) is 0 Å². The number of Topliss-reactive ketones (excluding diaryl/α,β-unsaturated/α-hetero) is 1. The Morgan fingerprint density at radius 2 is 1.85 bits per heavy atom. The smallest absolute Gasteiger partial charge is 0.298 e. The minimum absolute atomic E-state index is 0.0135. The van der Waals surface area contributed by atoms with Gasteiger partial charge in [0.1, 0.15) is 5.78 Å². The van der Waals surface area contributed by atoms with E-state index < -0.39 is 27.9 Å². The molecule has 0 amide bonds. The van der Waals surface area contributed by atoms with E-state index >= 15 is 0 Å². The van der Waals surface area contributed by atoms with Gasteiger partial charge in [-0.2, -0.15) is 17.9 Å². The number of alkyl halides is 3. The van der Waals surface area contributed by atoms with Gasteiger partial charge in [-0.25, -0.2) is 8.42 Å². The van der Waals surface area contributed by atoms with Gasteiger partial charge < -0.3 is 0 Å². The second-order valence-corrected chi connectivity index (χ2v) is 3.92. The SMILES string of the molecule is CCC(=O)CNS(=O)(=O)C(F)(F)F. The van der Waals surface area contributed by atoms with Gasteiger partial charge in [-0.15, -0.1) is 0 Å². The van der Waals surface area contributed by atoms with Crippen LogP contribution in [0.3, 0.4) is 0 Å². The molecule has 0 spiro atoms. The fourth-order valence-electron chi connectivity index (χ4n) is 0.382. The van der Waals surface area contributed by atoms with Crippen LogP contribution in [0.25, 0.3) is 0 Å². The van der Waals surface area contributed by atoms with Gasteiger partial charge in [0.2, 0.25) is 0 Å². The summed E-state index contributed by atoms with van der Waals surface area (Å²) in [4.78, 5) is 10.5. The second-order valence-electron chi connectivity index (χ2n) is 2.16. The molecule has 13 heavy (non-hydrogen) atoms. The lowest BCUT2D eigenvalue weighted by Crippen LogP contribution is -2.39. The number of hydrogen-bond acceptors (Lipinski definition) is 3. The lowest BCUT2D eigenvalue weighted by atomic mass is 10.3. The number of carbonyl (C=O) groups is 1. The summed E-state index contributed by atoms with van der Waals surface area (Å²) in [6.07, 6.45) is -0.0135. The molecule has 0 aromatic heterocycles. The predicted octanol–water partition coefficient (Wildman–Crippen LogP) is 0.405. The van der Waals surface area contributed by atoms with Crippen LogP contribution in [0.1, 0.15) is 13.3 Å². The zero-order valence-electron chi connectivity index (χ0n) is 6.68. The van der Waals surface area contributed by atoms with E-state index in [4.69, 9.17) is 0 Å². The molecule has 0 aromatic rings. The molecule has 0 fully saturated rings. The van der Waals surface area contributed by atoms with Crippen molar-refractivity contribution in [3.8, 4) is 0 Å². The molecule has 1 N–H and O–H groups in total. The van der Waals surface area contributed by atoms with Crippen molar-refractivity contribution in [3.63, 3.8) is 0 Å². The van der Waals surface area contributed by atoms with Gasteiger partial charge in [0.25, 0.3) is 0 Å². The third kappa shape index (κ3) is 3.73. The molecule has 0 unspecified atom stereocenters. The van der Waals surface area contributed by atoms with Crippen LogP contribution in [0.4, 0.5) is 13.2 Å². The van der Waals surface area contributed by atoms with E-state index in [1.165, 1.54) is 6.92 Å². The Kier molecular flexibility index (Phi) is 3.86. The minimum atomic E-state index is -5.37. The van der Waals surface area contributed by atoms with E-state index in [1.807, 2.05) is 0 Å². The number of halogens is 3. The highest BCUT2D eigenvalue weighted by molar-refractivity contribution is 7.90. The van der Waals surface area contributed by atoms with E-state index in [0.717, 1.165) is 4.72 Å². The first-order chi connectivity index (χ1) is 5.70. The second kappa shape index (κ2) is 4.05. The average molecular weight is 219 g/mol. The summed E-state index contributed by atoms with van der Waals surface area (Å²) in [7, 11) is -5.37. The number of sulfonamides is 1. The first kappa shape index (κ1) is 12.4. The normalized spacial score (nSPS) is 12.9. The van der Waals surface area contributed by atoms with Crippen LogP contribution in [0, 0.1) is 0 Å². The molecule has 78 valence electrons. The van der Waals surface area contributed by atoms with Crippen molar-refractivity contribution < 1.29 is 26.4 Å². The fourth-order valence-corrected chi connectivity index (χ4v) is 0.897. The summed E-state index contributed by atoms with van der Waals surface area (Å²) in [5.74, 6) is -0.604. The summed E-state index contributed by atoms with van der Waals surface area (Å²) < 4.78 is 56.6. The number of carbonyl (C=O) groups excluding carboxylic acids is 1. The fraction of sp³-hybridized carbons (Fsp3) is 0.800. The first-order valence-electron chi connectivity index (χ1n) is 3.28. The van der Waals surface area contributed by atoms with E-state index in [-0.39, 0.29) is 6.42 Å². The summed E-state index contributed by atoms with van der Waals surface area (Å²) in [6, 6.07) is 0. The maximum Gasteiger partial charge on any atom is 0.511 e. The Bertz CT molecular complexity index is 282. The third-order valence-corrected chi connectivity index (χ3v) is 2.29. The average Bonchev–Trinajstić information content (AvgIpc) is 1.98. The molecule has 0 radical (unpaired) electrons. The first-order valence-corrected chi connectivity index (χ1v) is 4.76. The number of ketones is 1. The van der Waals surface area contributed by atoms with Crippen LogP contribution in [-0.2, 0) is 14.8 Å². The molecule has 0 aliphatic rings. The van der Waals surface area contributed by atoms with Crippen molar-refractivity contribution in [1.82, 2.24) is 4.72 Å². The topological polar surface area (TPSA) is 63.2 Å². The Morgan fingerprint density at radius 1 is 1.38 bits per heavy atom. The van der Waals surface area contributed by atoms with Crippen molar-refractivity contribution in [2.45, 2.75) is 18.9 Å². The highest BCUT2D eigenvalue weighted by Gasteiger charge is 2.45. The molecule has 0 rings (SSSR count). The molecule has 0 saturated heterocycles. The van der Waals surface area contributed by atoms with Gasteiger partial charge in [0.05, 0.1) is 6.54 Å². The highest BCUT2D eigenvalue weighted by Crippen LogP contribution is 2.21. The van der Waals surface area contributed by atoms with Gasteiger partial charge in [-0.3, -0.25) is 4.79 Å². The minimum Gasteiger partial charge on any atom is -0.298 e. The summed E-state index contributed by atoms with van der Waals surface area (Å²) >= 11 is 0. The third-order valence-electron chi connectivity index (χ3n) is 1.16.